The van der Waals surface area contributed by atoms with Crippen LogP contribution in [0.25, 0.3) is 0 Å². The Morgan fingerprint density at radius 1 is 1.29 bits per heavy atom. The summed E-state index contributed by atoms with van der Waals surface area (Å²) in [6, 6.07) is 6.04. The lowest BCUT2D eigenvalue weighted by Crippen LogP contribution is -2.44. The molecule has 1 aliphatic carbocycles. The van der Waals surface area contributed by atoms with Gasteiger partial charge in [-0.1, -0.05) is 35.3 Å². The Morgan fingerprint density at radius 3 is 2.71 bits per heavy atom. The third-order valence-electron chi connectivity index (χ3n) is 4.69. The first-order valence-electron chi connectivity index (χ1n) is 7.51. The third kappa shape index (κ3) is 3.05. The molecule has 0 bridgehead atoms. The number of amides is 1. The van der Waals surface area contributed by atoms with Crippen molar-refractivity contribution in [3.05, 3.63) is 33.8 Å². The smallest absolute Gasteiger partial charge is 0.226 e. The van der Waals surface area contributed by atoms with Crippen molar-refractivity contribution >= 4 is 29.1 Å². The number of hydrogen-bond donors (Lipinski definition) is 1. The summed E-state index contributed by atoms with van der Waals surface area (Å²) in [5.74, 6) is 0.552. The number of nitrogens with zero attached hydrogens (tertiary/aromatic N) is 1. The van der Waals surface area contributed by atoms with Crippen LogP contribution in [0.2, 0.25) is 10.0 Å². The molecule has 1 aliphatic heterocycles. The van der Waals surface area contributed by atoms with Crippen LogP contribution in [0.5, 0.6) is 0 Å². The van der Waals surface area contributed by atoms with Crippen LogP contribution < -0.4 is 5.32 Å². The average Bonchev–Trinajstić information content (AvgIpc) is 3.30. The molecule has 0 spiro atoms. The first kappa shape index (κ1) is 15.1. The minimum atomic E-state index is 0.0702. The van der Waals surface area contributed by atoms with E-state index in [-0.39, 0.29) is 17.7 Å². The van der Waals surface area contributed by atoms with E-state index in [2.05, 4.69) is 5.32 Å². The van der Waals surface area contributed by atoms with Crippen molar-refractivity contribution in [3.8, 4) is 0 Å². The fourth-order valence-electron chi connectivity index (χ4n) is 3.25. The van der Waals surface area contributed by atoms with Crippen LogP contribution in [0.15, 0.2) is 18.2 Å². The highest BCUT2D eigenvalue weighted by atomic mass is 35.5. The molecule has 2 atom stereocenters. The average molecular weight is 327 g/mol. The first-order chi connectivity index (χ1) is 10.1. The van der Waals surface area contributed by atoms with Gasteiger partial charge in [-0.25, -0.2) is 0 Å². The quantitative estimate of drug-likeness (QED) is 0.924. The molecule has 3 rings (SSSR count). The first-order valence-corrected chi connectivity index (χ1v) is 8.26. The highest BCUT2D eigenvalue weighted by Crippen LogP contribution is 2.51. The van der Waals surface area contributed by atoms with Crippen LogP contribution in [0, 0.1) is 5.92 Å². The van der Waals surface area contributed by atoms with E-state index in [1.165, 1.54) is 0 Å². The second-order valence-corrected chi connectivity index (χ2v) is 6.81. The molecule has 114 valence electrons. The van der Waals surface area contributed by atoms with E-state index in [4.69, 9.17) is 23.2 Å². The summed E-state index contributed by atoms with van der Waals surface area (Å²) < 4.78 is 0. The molecule has 5 heteroatoms. The molecule has 2 fully saturated rings. The SMILES string of the molecule is CN(C(=O)[C@@H]1C[C@H]1c1cccc(Cl)c1Cl)C1CCNCC1. The Balaban J connectivity index is 1.66. The van der Waals surface area contributed by atoms with Gasteiger partial charge >= 0.3 is 0 Å². The molecule has 1 saturated carbocycles. The van der Waals surface area contributed by atoms with Crippen LogP contribution in [-0.2, 0) is 4.79 Å². The summed E-state index contributed by atoms with van der Waals surface area (Å²) in [7, 11) is 1.94. The van der Waals surface area contributed by atoms with Crippen LogP contribution in [0.3, 0.4) is 0 Å². The van der Waals surface area contributed by atoms with Gasteiger partial charge in [-0.2, -0.15) is 0 Å². The maximum atomic E-state index is 12.6. The molecule has 0 unspecified atom stereocenters. The second-order valence-electron chi connectivity index (χ2n) is 6.02. The number of carbonyl (C=O) groups is 1. The van der Waals surface area contributed by atoms with Gasteiger partial charge in [-0.15, -0.1) is 0 Å². The van der Waals surface area contributed by atoms with Crippen molar-refractivity contribution in [1.29, 1.82) is 0 Å². The summed E-state index contributed by atoms with van der Waals surface area (Å²) in [6.07, 6.45) is 2.96. The Labute approximate surface area is 135 Å². The number of piperidine rings is 1. The van der Waals surface area contributed by atoms with E-state index in [1.54, 1.807) is 6.07 Å². The molecular formula is C16H20Cl2N2O. The fourth-order valence-corrected chi connectivity index (χ4v) is 3.70. The standard InChI is InChI=1S/C16H20Cl2N2O/c1-20(10-5-7-19-8-6-10)16(21)13-9-12(13)11-3-2-4-14(17)15(11)18/h2-4,10,12-13,19H,5-9H2,1H3/t12-,13+/m0/s1. The van der Waals surface area contributed by atoms with Crippen molar-refractivity contribution in [2.75, 3.05) is 20.1 Å². The van der Waals surface area contributed by atoms with Crippen LogP contribution in [0.4, 0.5) is 0 Å². The monoisotopic (exact) mass is 326 g/mol. The van der Waals surface area contributed by atoms with E-state index in [0.717, 1.165) is 37.9 Å². The fraction of sp³-hybridized carbons (Fsp3) is 0.562. The van der Waals surface area contributed by atoms with E-state index < -0.39 is 0 Å². The number of benzene rings is 1. The van der Waals surface area contributed by atoms with Crippen molar-refractivity contribution < 1.29 is 4.79 Å². The Hall–Kier alpha value is -0.770. The van der Waals surface area contributed by atoms with E-state index in [1.807, 2.05) is 24.1 Å². The summed E-state index contributed by atoms with van der Waals surface area (Å²) >= 11 is 12.3. The molecule has 2 aliphatic rings. The Bertz CT molecular complexity index is 543. The van der Waals surface area contributed by atoms with Gasteiger partial charge in [0.25, 0.3) is 0 Å². The van der Waals surface area contributed by atoms with E-state index in [9.17, 15) is 4.79 Å². The number of hydrogen-bond acceptors (Lipinski definition) is 2. The molecule has 1 aromatic carbocycles. The molecule has 1 N–H and O–H groups in total. The van der Waals surface area contributed by atoms with E-state index in [0.29, 0.717) is 16.1 Å². The molecule has 0 radical (unpaired) electrons. The topological polar surface area (TPSA) is 32.3 Å². The predicted octanol–water partition coefficient (Wildman–Crippen LogP) is 3.31. The van der Waals surface area contributed by atoms with Crippen molar-refractivity contribution in [2.45, 2.75) is 31.2 Å². The second kappa shape index (κ2) is 6.15. The zero-order chi connectivity index (χ0) is 15.0. The minimum Gasteiger partial charge on any atom is -0.342 e. The van der Waals surface area contributed by atoms with Crippen molar-refractivity contribution in [1.82, 2.24) is 10.2 Å². The molecular weight excluding hydrogens is 307 g/mol. The zero-order valence-electron chi connectivity index (χ0n) is 12.1. The van der Waals surface area contributed by atoms with Gasteiger partial charge in [0.15, 0.2) is 0 Å². The molecule has 21 heavy (non-hydrogen) atoms. The summed E-state index contributed by atoms with van der Waals surface area (Å²) in [5.41, 5.74) is 1.02. The van der Waals surface area contributed by atoms with Gasteiger partial charge < -0.3 is 10.2 Å². The summed E-state index contributed by atoms with van der Waals surface area (Å²) in [6.45, 7) is 1.99. The van der Waals surface area contributed by atoms with Crippen LogP contribution in [-0.4, -0.2) is 37.0 Å². The van der Waals surface area contributed by atoms with Crippen molar-refractivity contribution in [3.63, 3.8) is 0 Å². The molecule has 3 nitrogen and oxygen atoms in total. The van der Waals surface area contributed by atoms with Gasteiger partial charge in [-0.3, -0.25) is 4.79 Å². The minimum absolute atomic E-state index is 0.0702. The molecule has 1 aromatic rings. The summed E-state index contributed by atoms with van der Waals surface area (Å²) in [4.78, 5) is 14.6. The highest BCUT2D eigenvalue weighted by Gasteiger charge is 2.47. The van der Waals surface area contributed by atoms with Gasteiger partial charge in [-0.05, 0) is 49.9 Å². The van der Waals surface area contributed by atoms with Gasteiger partial charge in [0.05, 0.1) is 10.0 Å². The third-order valence-corrected chi connectivity index (χ3v) is 5.53. The lowest BCUT2D eigenvalue weighted by molar-refractivity contribution is -0.133. The molecule has 1 amide bonds. The predicted molar refractivity (Wildman–Crippen MR) is 86.0 cm³/mol. The van der Waals surface area contributed by atoms with Crippen molar-refractivity contribution in [2.24, 2.45) is 5.92 Å². The number of nitrogens with one attached hydrogen (secondary N) is 1. The van der Waals surface area contributed by atoms with Gasteiger partial charge in [0.2, 0.25) is 5.91 Å². The Morgan fingerprint density at radius 2 is 2.00 bits per heavy atom. The zero-order valence-corrected chi connectivity index (χ0v) is 13.6. The Kier molecular flexibility index (Phi) is 4.43. The van der Waals surface area contributed by atoms with Gasteiger partial charge in [0.1, 0.15) is 0 Å². The molecule has 1 saturated heterocycles. The summed E-state index contributed by atoms with van der Waals surface area (Å²) in [5, 5.41) is 4.50. The number of carbonyl (C=O) groups excluding carboxylic acids is 1. The maximum Gasteiger partial charge on any atom is 0.226 e. The van der Waals surface area contributed by atoms with E-state index >= 15 is 0 Å². The maximum absolute atomic E-state index is 12.6. The lowest BCUT2D eigenvalue weighted by atomic mass is 10.0. The lowest BCUT2D eigenvalue weighted by Gasteiger charge is -2.32. The number of halogens is 2. The van der Waals surface area contributed by atoms with Crippen LogP contribution >= 0.6 is 23.2 Å². The van der Waals surface area contributed by atoms with Gasteiger partial charge in [0, 0.05) is 19.0 Å². The normalized spacial score (nSPS) is 25.7. The molecule has 1 heterocycles. The largest absolute Gasteiger partial charge is 0.342 e. The molecule has 0 aromatic heterocycles. The van der Waals surface area contributed by atoms with Crippen LogP contribution in [0.1, 0.15) is 30.7 Å². The highest BCUT2D eigenvalue weighted by molar-refractivity contribution is 6.42. The number of rotatable bonds is 3.